The van der Waals surface area contributed by atoms with Crippen molar-refractivity contribution in [2.45, 2.75) is 64.0 Å². The molecule has 0 aromatic carbocycles. The Labute approximate surface area is 127 Å². The number of aliphatic carboxylic acids is 1. The number of likely N-dealkylation sites (N-methyl/N-ethyl adjacent to an activating group) is 1. The summed E-state index contributed by atoms with van der Waals surface area (Å²) in [4.78, 5) is 25.4. The molecule has 0 aliphatic heterocycles. The fourth-order valence-corrected chi connectivity index (χ4v) is 2.89. The van der Waals surface area contributed by atoms with Gasteiger partial charge < -0.3 is 20.6 Å². The number of rotatable bonds is 8. The Balaban J connectivity index is 2.30. The zero-order valence-corrected chi connectivity index (χ0v) is 13.4. The highest BCUT2D eigenvalue weighted by Gasteiger charge is 2.33. The molecular formula is C15H29N3O3. The monoisotopic (exact) mass is 299 g/mol. The van der Waals surface area contributed by atoms with Crippen LogP contribution in [0.4, 0.5) is 4.79 Å². The standard InChI is InChI=1S/C15H29N3O3/c1-4-9-15(2,13(19)20)17-14(21)16-10-11-18(3)12-7-5-6-8-12/h12H,4-11H2,1-3H3,(H,19,20)(H2,16,17,21). The average Bonchev–Trinajstić information content (AvgIpc) is 2.92. The number of carboxylic acids is 1. The van der Waals surface area contributed by atoms with E-state index in [1.807, 2.05) is 6.92 Å². The van der Waals surface area contributed by atoms with Gasteiger partial charge in [-0.15, -0.1) is 0 Å². The van der Waals surface area contributed by atoms with E-state index in [-0.39, 0.29) is 0 Å². The number of amides is 2. The molecule has 0 aromatic rings. The van der Waals surface area contributed by atoms with Gasteiger partial charge in [-0.05, 0) is 33.2 Å². The van der Waals surface area contributed by atoms with Gasteiger partial charge in [0.1, 0.15) is 5.54 Å². The summed E-state index contributed by atoms with van der Waals surface area (Å²) in [5, 5.41) is 14.5. The topological polar surface area (TPSA) is 81.7 Å². The molecular weight excluding hydrogens is 270 g/mol. The second kappa shape index (κ2) is 8.22. The summed E-state index contributed by atoms with van der Waals surface area (Å²) in [7, 11) is 2.08. The molecule has 1 aliphatic carbocycles. The fourth-order valence-electron chi connectivity index (χ4n) is 2.89. The zero-order chi connectivity index (χ0) is 15.9. The van der Waals surface area contributed by atoms with Gasteiger partial charge in [-0.3, -0.25) is 0 Å². The zero-order valence-electron chi connectivity index (χ0n) is 13.4. The van der Waals surface area contributed by atoms with E-state index in [1.165, 1.54) is 25.7 Å². The van der Waals surface area contributed by atoms with Crippen LogP contribution in [0, 0.1) is 0 Å². The van der Waals surface area contributed by atoms with E-state index in [2.05, 4.69) is 22.6 Å². The summed E-state index contributed by atoms with van der Waals surface area (Å²) >= 11 is 0. The lowest BCUT2D eigenvalue weighted by Crippen LogP contribution is -2.55. The van der Waals surface area contributed by atoms with Crippen molar-refractivity contribution in [2.75, 3.05) is 20.1 Å². The van der Waals surface area contributed by atoms with Crippen molar-refractivity contribution < 1.29 is 14.7 Å². The second-order valence-electron chi connectivity index (χ2n) is 6.19. The summed E-state index contributed by atoms with van der Waals surface area (Å²) < 4.78 is 0. The molecule has 0 bridgehead atoms. The smallest absolute Gasteiger partial charge is 0.329 e. The lowest BCUT2D eigenvalue weighted by Gasteiger charge is -2.27. The van der Waals surface area contributed by atoms with Gasteiger partial charge in [-0.25, -0.2) is 9.59 Å². The van der Waals surface area contributed by atoms with E-state index in [0.717, 1.165) is 6.54 Å². The summed E-state index contributed by atoms with van der Waals surface area (Å²) in [5.74, 6) is -0.998. The normalized spacial score (nSPS) is 18.5. The summed E-state index contributed by atoms with van der Waals surface area (Å²) in [5.41, 5.74) is -1.20. The molecule has 0 spiro atoms. The third-order valence-corrected chi connectivity index (χ3v) is 4.31. The van der Waals surface area contributed by atoms with Crippen LogP contribution in [0.1, 0.15) is 52.4 Å². The number of carbonyl (C=O) groups excluding carboxylic acids is 1. The van der Waals surface area contributed by atoms with Crippen molar-refractivity contribution in [1.82, 2.24) is 15.5 Å². The van der Waals surface area contributed by atoms with E-state index in [4.69, 9.17) is 0 Å². The van der Waals surface area contributed by atoms with Crippen LogP contribution in [0.25, 0.3) is 0 Å². The molecule has 2 amide bonds. The van der Waals surface area contributed by atoms with Crippen molar-refractivity contribution in [1.29, 1.82) is 0 Å². The van der Waals surface area contributed by atoms with Crippen molar-refractivity contribution >= 4 is 12.0 Å². The van der Waals surface area contributed by atoms with Crippen molar-refractivity contribution in [2.24, 2.45) is 0 Å². The number of hydrogen-bond donors (Lipinski definition) is 3. The Hall–Kier alpha value is -1.30. The van der Waals surface area contributed by atoms with Crippen LogP contribution in [-0.4, -0.2) is 53.7 Å². The van der Waals surface area contributed by atoms with Crippen LogP contribution in [-0.2, 0) is 4.79 Å². The molecule has 122 valence electrons. The third kappa shape index (κ3) is 5.53. The quantitative estimate of drug-likeness (QED) is 0.638. The molecule has 1 saturated carbocycles. The summed E-state index contributed by atoms with van der Waals surface area (Å²) in [6.45, 7) is 4.76. The summed E-state index contributed by atoms with van der Waals surface area (Å²) in [6, 6.07) is 0.215. The molecule has 0 heterocycles. The van der Waals surface area contributed by atoms with Crippen LogP contribution in [0.3, 0.4) is 0 Å². The number of hydrogen-bond acceptors (Lipinski definition) is 3. The molecule has 0 aromatic heterocycles. The average molecular weight is 299 g/mol. The maximum absolute atomic E-state index is 11.8. The van der Waals surface area contributed by atoms with Crippen LogP contribution in [0.2, 0.25) is 0 Å². The predicted octanol–water partition coefficient (Wildman–Crippen LogP) is 1.80. The van der Waals surface area contributed by atoms with Crippen LogP contribution < -0.4 is 10.6 Å². The minimum absolute atomic E-state index is 0.409. The summed E-state index contributed by atoms with van der Waals surface area (Å²) in [6.07, 6.45) is 6.16. The van der Waals surface area contributed by atoms with E-state index in [0.29, 0.717) is 25.4 Å². The van der Waals surface area contributed by atoms with Crippen molar-refractivity contribution in [3.8, 4) is 0 Å². The highest BCUT2D eigenvalue weighted by Crippen LogP contribution is 2.21. The Kier molecular flexibility index (Phi) is 6.95. The van der Waals surface area contributed by atoms with E-state index in [9.17, 15) is 14.7 Å². The van der Waals surface area contributed by atoms with Gasteiger partial charge in [0.2, 0.25) is 0 Å². The van der Waals surface area contributed by atoms with Gasteiger partial charge in [0.15, 0.2) is 0 Å². The predicted molar refractivity (Wildman–Crippen MR) is 82.4 cm³/mol. The Morgan fingerprint density at radius 3 is 2.48 bits per heavy atom. The second-order valence-corrected chi connectivity index (χ2v) is 6.19. The highest BCUT2D eigenvalue weighted by atomic mass is 16.4. The Morgan fingerprint density at radius 2 is 1.95 bits per heavy atom. The maximum Gasteiger partial charge on any atom is 0.329 e. The molecule has 6 heteroatoms. The third-order valence-electron chi connectivity index (χ3n) is 4.31. The lowest BCUT2D eigenvalue weighted by molar-refractivity contribution is -0.144. The molecule has 1 atom stereocenters. The van der Waals surface area contributed by atoms with Gasteiger partial charge in [-0.1, -0.05) is 26.2 Å². The van der Waals surface area contributed by atoms with Crippen molar-refractivity contribution in [3.05, 3.63) is 0 Å². The van der Waals surface area contributed by atoms with E-state index >= 15 is 0 Å². The number of nitrogens with zero attached hydrogens (tertiary/aromatic N) is 1. The number of nitrogens with one attached hydrogen (secondary N) is 2. The number of carbonyl (C=O) groups is 2. The van der Waals surface area contributed by atoms with Gasteiger partial charge in [0, 0.05) is 19.1 Å². The number of urea groups is 1. The minimum Gasteiger partial charge on any atom is -0.480 e. The number of carboxylic acid groups (broad SMARTS) is 1. The van der Waals surface area contributed by atoms with E-state index in [1.54, 1.807) is 6.92 Å². The van der Waals surface area contributed by atoms with Crippen LogP contribution in [0.5, 0.6) is 0 Å². The highest BCUT2D eigenvalue weighted by molar-refractivity contribution is 5.85. The molecule has 1 unspecified atom stereocenters. The molecule has 0 saturated heterocycles. The molecule has 1 fully saturated rings. The van der Waals surface area contributed by atoms with E-state index < -0.39 is 17.5 Å². The van der Waals surface area contributed by atoms with Gasteiger partial charge in [-0.2, -0.15) is 0 Å². The molecule has 1 aliphatic rings. The molecule has 6 nitrogen and oxygen atoms in total. The largest absolute Gasteiger partial charge is 0.480 e. The first kappa shape index (κ1) is 17.8. The first-order chi connectivity index (χ1) is 9.89. The Morgan fingerprint density at radius 1 is 1.33 bits per heavy atom. The van der Waals surface area contributed by atoms with Crippen LogP contribution in [0.15, 0.2) is 0 Å². The van der Waals surface area contributed by atoms with Crippen LogP contribution >= 0.6 is 0 Å². The molecule has 3 N–H and O–H groups in total. The SMILES string of the molecule is CCCC(C)(NC(=O)NCCN(C)C1CCCC1)C(=O)O. The van der Waals surface area contributed by atoms with Gasteiger partial charge in [0.05, 0.1) is 0 Å². The van der Waals surface area contributed by atoms with Gasteiger partial charge >= 0.3 is 12.0 Å². The fraction of sp³-hybridized carbons (Fsp3) is 0.867. The molecule has 1 rings (SSSR count). The molecule has 0 radical (unpaired) electrons. The first-order valence-electron chi connectivity index (χ1n) is 7.88. The maximum atomic E-state index is 11.8. The van der Waals surface area contributed by atoms with Gasteiger partial charge in [0.25, 0.3) is 0 Å². The first-order valence-corrected chi connectivity index (χ1v) is 7.88. The lowest BCUT2D eigenvalue weighted by atomic mass is 9.97. The Bertz CT molecular complexity index is 356. The van der Waals surface area contributed by atoms with Crippen molar-refractivity contribution in [3.63, 3.8) is 0 Å². The molecule has 21 heavy (non-hydrogen) atoms. The minimum atomic E-state index is -1.20.